The van der Waals surface area contributed by atoms with Gasteiger partial charge in [-0.25, -0.2) is 4.79 Å². The predicted octanol–water partition coefficient (Wildman–Crippen LogP) is 5.90. The zero-order valence-corrected chi connectivity index (χ0v) is 18.8. The van der Waals surface area contributed by atoms with Gasteiger partial charge in [-0.3, -0.25) is 4.79 Å². The van der Waals surface area contributed by atoms with Crippen molar-refractivity contribution in [3.05, 3.63) is 112 Å². The van der Waals surface area contributed by atoms with Crippen LogP contribution in [-0.2, 0) is 11.3 Å². The summed E-state index contributed by atoms with van der Waals surface area (Å²) >= 11 is 6.06. The summed E-state index contributed by atoms with van der Waals surface area (Å²) in [4.78, 5) is 26.2. The second-order valence-corrected chi connectivity index (χ2v) is 7.97. The molecule has 6 heteroatoms. The van der Waals surface area contributed by atoms with Gasteiger partial charge in [0, 0.05) is 10.6 Å². The highest BCUT2D eigenvalue weighted by atomic mass is 35.5. The van der Waals surface area contributed by atoms with Crippen molar-refractivity contribution in [3.8, 4) is 5.75 Å². The summed E-state index contributed by atoms with van der Waals surface area (Å²) < 4.78 is 5.49. The molecule has 0 aliphatic carbocycles. The first kappa shape index (κ1) is 22.4. The SMILES string of the molecule is CCOc1ccc(/C=C2\C=C(c3ccc(Cl)cc3)N(Cc3ccc(C(=O)O)cc3)C2=O)cc1. The molecule has 3 aromatic carbocycles. The van der Waals surface area contributed by atoms with Gasteiger partial charge in [0.05, 0.1) is 24.4 Å². The van der Waals surface area contributed by atoms with Gasteiger partial charge in [-0.05, 0) is 72.2 Å². The summed E-state index contributed by atoms with van der Waals surface area (Å²) in [6.07, 6.45) is 3.72. The summed E-state index contributed by atoms with van der Waals surface area (Å²) in [6.45, 7) is 2.84. The molecule has 0 aromatic heterocycles. The fraction of sp³-hybridized carbons (Fsp3) is 0.111. The van der Waals surface area contributed by atoms with Gasteiger partial charge >= 0.3 is 5.97 Å². The Morgan fingerprint density at radius 2 is 1.67 bits per heavy atom. The van der Waals surface area contributed by atoms with Gasteiger partial charge in [0.15, 0.2) is 0 Å². The van der Waals surface area contributed by atoms with Gasteiger partial charge in [-0.2, -0.15) is 0 Å². The van der Waals surface area contributed by atoms with Gasteiger partial charge in [0.25, 0.3) is 5.91 Å². The molecule has 33 heavy (non-hydrogen) atoms. The zero-order chi connectivity index (χ0) is 23.4. The number of carbonyl (C=O) groups is 2. The number of benzene rings is 3. The van der Waals surface area contributed by atoms with Crippen LogP contribution in [0.15, 0.2) is 84.4 Å². The van der Waals surface area contributed by atoms with Crippen molar-refractivity contribution in [2.75, 3.05) is 6.61 Å². The molecule has 0 spiro atoms. The molecule has 0 saturated carbocycles. The number of hydrogen-bond donors (Lipinski definition) is 1. The predicted molar refractivity (Wildman–Crippen MR) is 129 cm³/mol. The number of hydrogen-bond acceptors (Lipinski definition) is 3. The average Bonchev–Trinajstić information content (AvgIpc) is 3.11. The minimum absolute atomic E-state index is 0.129. The van der Waals surface area contributed by atoms with Crippen LogP contribution in [0.4, 0.5) is 0 Å². The summed E-state index contributed by atoms with van der Waals surface area (Å²) in [7, 11) is 0. The van der Waals surface area contributed by atoms with Crippen molar-refractivity contribution in [1.29, 1.82) is 0 Å². The van der Waals surface area contributed by atoms with Gasteiger partial charge in [-0.1, -0.05) is 48.0 Å². The first-order valence-electron chi connectivity index (χ1n) is 10.5. The first-order valence-corrected chi connectivity index (χ1v) is 10.9. The number of nitrogens with zero attached hydrogens (tertiary/aromatic N) is 1. The molecule has 1 amide bonds. The van der Waals surface area contributed by atoms with E-state index >= 15 is 0 Å². The normalized spacial score (nSPS) is 14.5. The van der Waals surface area contributed by atoms with E-state index in [1.54, 1.807) is 41.3 Å². The molecule has 0 unspecified atom stereocenters. The van der Waals surface area contributed by atoms with Crippen molar-refractivity contribution in [2.24, 2.45) is 0 Å². The molecule has 0 atom stereocenters. The standard InChI is InChI=1S/C27H22ClNO4/c1-2-33-24-13-5-18(6-14-24)15-22-16-25(20-9-11-23(28)12-10-20)29(26(22)30)17-19-3-7-21(8-4-19)27(31)32/h3-16H,2,17H2,1H3,(H,31,32)/b22-15+. The van der Waals surface area contributed by atoms with Crippen LogP contribution in [0.2, 0.25) is 5.02 Å². The van der Waals surface area contributed by atoms with Crippen LogP contribution in [0, 0.1) is 0 Å². The van der Waals surface area contributed by atoms with E-state index in [2.05, 4.69) is 0 Å². The lowest BCUT2D eigenvalue weighted by molar-refractivity contribution is -0.123. The molecule has 0 bridgehead atoms. The molecule has 3 aromatic rings. The highest BCUT2D eigenvalue weighted by Crippen LogP contribution is 2.33. The molecular formula is C27H22ClNO4. The van der Waals surface area contributed by atoms with Crippen molar-refractivity contribution in [3.63, 3.8) is 0 Å². The third-order valence-electron chi connectivity index (χ3n) is 5.27. The molecule has 0 saturated heterocycles. The van der Waals surface area contributed by atoms with Crippen molar-refractivity contribution in [2.45, 2.75) is 13.5 Å². The number of halogens is 1. The van der Waals surface area contributed by atoms with Crippen LogP contribution in [0.3, 0.4) is 0 Å². The van der Waals surface area contributed by atoms with E-state index < -0.39 is 5.97 Å². The number of carboxylic acids is 1. The maximum absolute atomic E-state index is 13.4. The number of amides is 1. The Morgan fingerprint density at radius 3 is 2.27 bits per heavy atom. The topological polar surface area (TPSA) is 66.8 Å². The molecule has 0 fully saturated rings. The van der Waals surface area contributed by atoms with E-state index in [0.29, 0.717) is 23.7 Å². The van der Waals surface area contributed by atoms with Crippen molar-refractivity contribution in [1.82, 2.24) is 4.90 Å². The Kier molecular flexibility index (Phi) is 6.61. The van der Waals surface area contributed by atoms with Gasteiger partial charge < -0.3 is 14.7 Å². The number of aromatic carboxylic acids is 1. The first-order chi connectivity index (χ1) is 15.9. The third kappa shape index (κ3) is 5.16. The van der Waals surface area contributed by atoms with E-state index in [0.717, 1.165) is 28.1 Å². The molecule has 1 aliphatic rings. The Bertz CT molecular complexity index is 1230. The highest BCUT2D eigenvalue weighted by Gasteiger charge is 2.29. The zero-order valence-electron chi connectivity index (χ0n) is 18.0. The lowest BCUT2D eigenvalue weighted by Crippen LogP contribution is -2.25. The molecular weight excluding hydrogens is 438 g/mol. The molecule has 5 nitrogen and oxygen atoms in total. The molecule has 0 radical (unpaired) electrons. The molecule has 4 rings (SSSR count). The number of carbonyl (C=O) groups excluding carboxylic acids is 1. The fourth-order valence-corrected chi connectivity index (χ4v) is 3.74. The summed E-state index contributed by atoms with van der Waals surface area (Å²) in [6, 6.07) is 21.4. The lowest BCUT2D eigenvalue weighted by atomic mass is 10.1. The molecule has 166 valence electrons. The number of carboxylic acid groups (broad SMARTS) is 1. The Labute approximate surface area is 197 Å². The van der Waals surface area contributed by atoms with Crippen LogP contribution < -0.4 is 4.74 Å². The molecule has 1 aliphatic heterocycles. The van der Waals surface area contributed by atoms with Crippen LogP contribution in [0.25, 0.3) is 11.8 Å². The van der Waals surface area contributed by atoms with Crippen LogP contribution in [0.5, 0.6) is 5.75 Å². The van der Waals surface area contributed by atoms with Crippen LogP contribution in [-0.4, -0.2) is 28.5 Å². The van der Waals surface area contributed by atoms with Crippen LogP contribution in [0.1, 0.15) is 34.0 Å². The minimum atomic E-state index is -0.985. The maximum Gasteiger partial charge on any atom is 0.335 e. The largest absolute Gasteiger partial charge is 0.494 e. The van der Waals surface area contributed by atoms with E-state index in [-0.39, 0.29) is 11.5 Å². The quantitative estimate of drug-likeness (QED) is 0.446. The smallest absolute Gasteiger partial charge is 0.335 e. The molecule has 1 heterocycles. The Hall–Kier alpha value is -3.83. The van der Waals surface area contributed by atoms with Crippen molar-refractivity contribution >= 4 is 35.3 Å². The second kappa shape index (κ2) is 9.76. The number of rotatable bonds is 7. The van der Waals surface area contributed by atoms with E-state index in [9.17, 15) is 9.59 Å². The summed E-state index contributed by atoms with van der Waals surface area (Å²) in [5.74, 6) is -0.335. The van der Waals surface area contributed by atoms with E-state index in [1.165, 1.54) is 0 Å². The monoisotopic (exact) mass is 459 g/mol. The van der Waals surface area contributed by atoms with E-state index in [1.807, 2.05) is 55.5 Å². The summed E-state index contributed by atoms with van der Waals surface area (Å²) in [5.41, 5.74) is 4.11. The van der Waals surface area contributed by atoms with E-state index in [4.69, 9.17) is 21.4 Å². The maximum atomic E-state index is 13.4. The van der Waals surface area contributed by atoms with Crippen LogP contribution >= 0.6 is 11.6 Å². The second-order valence-electron chi connectivity index (χ2n) is 7.53. The number of ether oxygens (including phenoxy) is 1. The summed E-state index contributed by atoms with van der Waals surface area (Å²) in [5, 5.41) is 9.75. The van der Waals surface area contributed by atoms with Gasteiger partial charge in [-0.15, -0.1) is 0 Å². The third-order valence-corrected chi connectivity index (χ3v) is 5.52. The highest BCUT2D eigenvalue weighted by molar-refractivity contribution is 6.30. The lowest BCUT2D eigenvalue weighted by Gasteiger charge is -2.21. The van der Waals surface area contributed by atoms with Gasteiger partial charge in [0.2, 0.25) is 0 Å². The Morgan fingerprint density at radius 1 is 1.00 bits per heavy atom. The minimum Gasteiger partial charge on any atom is -0.494 e. The van der Waals surface area contributed by atoms with Gasteiger partial charge in [0.1, 0.15) is 5.75 Å². The fourth-order valence-electron chi connectivity index (χ4n) is 3.61. The Balaban J connectivity index is 1.67. The molecule has 1 N–H and O–H groups in total. The average molecular weight is 460 g/mol. The van der Waals surface area contributed by atoms with Crippen molar-refractivity contribution < 1.29 is 19.4 Å².